The number of hydrogen-bond donors (Lipinski definition) is 1. The maximum Gasteiger partial charge on any atom is 0.322 e. The van der Waals surface area contributed by atoms with Crippen LogP contribution in [0.25, 0.3) is 0 Å². The summed E-state index contributed by atoms with van der Waals surface area (Å²) in [5.41, 5.74) is 1.96. The Hall–Kier alpha value is -3.89. The molecule has 1 aromatic heterocycles. The van der Waals surface area contributed by atoms with E-state index in [1.54, 1.807) is 46.6 Å². The fourth-order valence-corrected chi connectivity index (χ4v) is 4.21. The number of amides is 3. The first-order valence-electron chi connectivity index (χ1n) is 10.5. The van der Waals surface area contributed by atoms with Crippen molar-refractivity contribution in [2.45, 2.75) is 20.0 Å². The Morgan fingerprint density at radius 3 is 2.52 bits per heavy atom. The summed E-state index contributed by atoms with van der Waals surface area (Å²) < 4.78 is 0. The molecule has 3 amide bonds. The molecule has 0 aliphatic carbocycles. The third-order valence-electron chi connectivity index (χ3n) is 4.92. The van der Waals surface area contributed by atoms with Crippen molar-refractivity contribution in [2.75, 3.05) is 18.4 Å². The zero-order valence-electron chi connectivity index (χ0n) is 18.5. The number of thiophene rings is 1. The van der Waals surface area contributed by atoms with Crippen molar-refractivity contribution in [3.63, 3.8) is 0 Å². The third kappa shape index (κ3) is 7.06. The van der Waals surface area contributed by atoms with E-state index >= 15 is 0 Å². The number of urea groups is 1. The number of anilines is 1. The minimum atomic E-state index is -0.426. The fraction of sp³-hybridized carbons (Fsp3) is 0.192. The predicted octanol–water partition coefficient (Wildman–Crippen LogP) is 5.18. The van der Waals surface area contributed by atoms with Crippen molar-refractivity contribution in [2.24, 2.45) is 0 Å². The van der Waals surface area contributed by atoms with E-state index in [2.05, 4.69) is 11.9 Å². The summed E-state index contributed by atoms with van der Waals surface area (Å²) in [5, 5.41) is 11.8. The van der Waals surface area contributed by atoms with Gasteiger partial charge < -0.3 is 15.1 Å². The third-order valence-corrected chi connectivity index (χ3v) is 5.90. The summed E-state index contributed by atoms with van der Waals surface area (Å²) >= 11 is 1.66. The summed E-state index contributed by atoms with van der Waals surface area (Å²) in [6, 6.07) is 22.1. The molecule has 0 bridgehead atoms. The van der Waals surface area contributed by atoms with Gasteiger partial charge in [-0.3, -0.25) is 4.79 Å². The number of rotatable bonds is 9. The van der Waals surface area contributed by atoms with E-state index in [0.717, 1.165) is 10.4 Å². The average Bonchev–Trinajstić information content (AvgIpc) is 3.23. The number of carbonyl (C=O) groups is 2. The first-order chi connectivity index (χ1) is 16.0. The first kappa shape index (κ1) is 23.8. The van der Waals surface area contributed by atoms with E-state index in [1.807, 2.05) is 55.5 Å². The molecule has 0 unspecified atom stereocenters. The van der Waals surface area contributed by atoms with E-state index < -0.39 is 6.03 Å². The van der Waals surface area contributed by atoms with Gasteiger partial charge in [-0.05, 0) is 42.8 Å². The summed E-state index contributed by atoms with van der Waals surface area (Å²) in [5.74, 6) is -0.160. The standard InChI is InChI=1S/C26H26N4O2S/c1-3-14-29(26(32)28-23-11-7-10-22(15-23)16-27)19-25(31)30(17-21-8-5-4-6-9-21)18-24-13-12-20(2)33-24/h3-13,15H,1,14,17-19H2,2H3,(H,28,32). The van der Waals surface area contributed by atoms with Crippen LogP contribution in [0.3, 0.4) is 0 Å². The molecule has 0 atom stereocenters. The highest BCUT2D eigenvalue weighted by Gasteiger charge is 2.22. The van der Waals surface area contributed by atoms with Crippen LogP contribution in [0.2, 0.25) is 0 Å². The van der Waals surface area contributed by atoms with Crippen LogP contribution in [0.4, 0.5) is 10.5 Å². The van der Waals surface area contributed by atoms with Crippen LogP contribution in [0.1, 0.15) is 20.9 Å². The van der Waals surface area contributed by atoms with Gasteiger partial charge in [0.2, 0.25) is 5.91 Å². The highest BCUT2D eigenvalue weighted by Crippen LogP contribution is 2.19. The Morgan fingerprint density at radius 2 is 1.85 bits per heavy atom. The number of nitriles is 1. The maximum absolute atomic E-state index is 13.3. The largest absolute Gasteiger partial charge is 0.332 e. The molecule has 0 aliphatic heterocycles. The van der Waals surface area contributed by atoms with Gasteiger partial charge >= 0.3 is 6.03 Å². The number of hydrogen-bond acceptors (Lipinski definition) is 4. The molecular formula is C26H26N4O2S. The molecule has 0 radical (unpaired) electrons. The monoisotopic (exact) mass is 458 g/mol. The second-order valence-electron chi connectivity index (χ2n) is 7.54. The van der Waals surface area contributed by atoms with Crippen molar-refractivity contribution < 1.29 is 9.59 Å². The molecule has 2 aromatic carbocycles. The van der Waals surface area contributed by atoms with Gasteiger partial charge in [0.1, 0.15) is 6.54 Å². The lowest BCUT2D eigenvalue weighted by Crippen LogP contribution is -2.44. The van der Waals surface area contributed by atoms with Crippen LogP contribution in [0.5, 0.6) is 0 Å². The quantitative estimate of drug-likeness (QED) is 0.449. The van der Waals surface area contributed by atoms with Gasteiger partial charge in [-0.15, -0.1) is 17.9 Å². The first-order valence-corrected chi connectivity index (χ1v) is 11.3. The Labute approximate surface area is 198 Å². The van der Waals surface area contributed by atoms with Gasteiger partial charge in [-0.1, -0.05) is 42.5 Å². The van der Waals surface area contributed by atoms with E-state index in [4.69, 9.17) is 5.26 Å². The minimum absolute atomic E-state index is 0.0903. The molecule has 3 rings (SSSR count). The normalized spacial score (nSPS) is 10.2. The van der Waals surface area contributed by atoms with Crippen LogP contribution in [0, 0.1) is 18.3 Å². The lowest BCUT2D eigenvalue weighted by Gasteiger charge is -2.27. The SMILES string of the molecule is C=CCN(CC(=O)N(Cc1ccccc1)Cc1ccc(C)s1)C(=O)Nc1cccc(C#N)c1. The van der Waals surface area contributed by atoms with Gasteiger partial charge in [0.25, 0.3) is 0 Å². The second-order valence-corrected chi connectivity index (χ2v) is 8.91. The summed E-state index contributed by atoms with van der Waals surface area (Å²) in [7, 11) is 0. The number of nitrogens with one attached hydrogen (secondary N) is 1. The summed E-state index contributed by atoms with van der Waals surface area (Å²) in [6.07, 6.45) is 1.59. The molecule has 0 fully saturated rings. The fourth-order valence-electron chi connectivity index (χ4n) is 3.30. The highest BCUT2D eigenvalue weighted by molar-refractivity contribution is 7.11. The molecule has 0 spiro atoms. The van der Waals surface area contributed by atoms with Crippen molar-refractivity contribution >= 4 is 29.0 Å². The molecule has 168 valence electrons. The Balaban J connectivity index is 1.75. The van der Waals surface area contributed by atoms with Crippen molar-refractivity contribution in [3.05, 3.63) is 100 Å². The number of benzene rings is 2. The predicted molar refractivity (Wildman–Crippen MR) is 132 cm³/mol. The van der Waals surface area contributed by atoms with Crippen LogP contribution < -0.4 is 5.32 Å². The maximum atomic E-state index is 13.3. The molecule has 0 saturated carbocycles. The molecule has 7 heteroatoms. The molecule has 0 aliphatic rings. The van der Waals surface area contributed by atoms with Gasteiger partial charge in [-0.2, -0.15) is 5.26 Å². The van der Waals surface area contributed by atoms with Gasteiger partial charge in [0.15, 0.2) is 0 Å². The van der Waals surface area contributed by atoms with Crippen LogP contribution in [0.15, 0.2) is 79.4 Å². The van der Waals surface area contributed by atoms with E-state index in [1.165, 1.54) is 9.78 Å². The molecular weight excluding hydrogens is 432 g/mol. The molecule has 0 saturated heterocycles. The van der Waals surface area contributed by atoms with Crippen molar-refractivity contribution in [3.8, 4) is 6.07 Å². The van der Waals surface area contributed by atoms with Crippen LogP contribution >= 0.6 is 11.3 Å². The van der Waals surface area contributed by atoms with Gasteiger partial charge in [0.05, 0.1) is 18.2 Å². The van der Waals surface area contributed by atoms with Crippen molar-refractivity contribution in [1.82, 2.24) is 9.80 Å². The van der Waals surface area contributed by atoms with Crippen LogP contribution in [-0.2, 0) is 17.9 Å². The molecule has 3 aromatic rings. The van der Waals surface area contributed by atoms with Crippen LogP contribution in [-0.4, -0.2) is 34.8 Å². The minimum Gasteiger partial charge on any atom is -0.332 e. The molecule has 1 heterocycles. The topological polar surface area (TPSA) is 76.4 Å². The molecule has 6 nitrogen and oxygen atoms in total. The number of aryl methyl sites for hydroxylation is 1. The Morgan fingerprint density at radius 1 is 1.06 bits per heavy atom. The van der Waals surface area contributed by atoms with Gasteiger partial charge in [0, 0.05) is 28.5 Å². The summed E-state index contributed by atoms with van der Waals surface area (Å²) in [4.78, 5) is 31.7. The van der Waals surface area contributed by atoms with Crippen molar-refractivity contribution in [1.29, 1.82) is 5.26 Å². The highest BCUT2D eigenvalue weighted by atomic mass is 32.1. The van der Waals surface area contributed by atoms with Gasteiger partial charge in [-0.25, -0.2) is 4.79 Å². The second kappa shape index (κ2) is 11.7. The number of carbonyl (C=O) groups excluding carboxylic acids is 2. The lowest BCUT2D eigenvalue weighted by atomic mass is 10.2. The molecule has 1 N–H and O–H groups in total. The Kier molecular flexibility index (Phi) is 8.39. The smallest absolute Gasteiger partial charge is 0.322 e. The van der Waals surface area contributed by atoms with E-state index in [-0.39, 0.29) is 19.0 Å². The zero-order valence-corrected chi connectivity index (χ0v) is 19.3. The van der Waals surface area contributed by atoms with E-state index in [0.29, 0.717) is 24.3 Å². The Bertz CT molecular complexity index is 1150. The number of nitrogens with zero attached hydrogens (tertiary/aromatic N) is 3. The average molecular weight is 459 g/mol. The molecule has 33 heavy (non-hydrogen) atoms. The summed E-state index contributed by atoms with van der Waals surface area (Å²) in [6.45, 7) is 6.80. The van der Waals surface area contributed by atoms with E-state index in [9.17, 15) is 9.59 Å². The zero-order chi connectivity index (χ0) is 23.6. The lowest BCUT2D eigenvalue weighted by molar-refractivity contribution is -0.132.